The molecule has 0 atom stereocenters. The lowest BCUT2D eigenvalue weighted by Crippen LogP contribution is -2.20. The summed E-state index contributed by atoms with van der Waals surface area (Å²) < 4.78 is 7.82. The zero-order chi connectivity index (χ0) is 21.0. The summed E-state index contributed by atoms with van der Waals surface area (Å²) in [6, 6.07) is 8.10. The van der Waals surface area contributed by atoms with Gasteiger partial charge in [0.25, 0.3) is 0 Å². The van der Waals surface area contributed by atoms with Gasteiger partial charge in [0.1, 0.15) is 5.00 Å². The summed E-state index contributed by atoms with van der Waals surface area (Å²) in [6.45, 7) is 4.66. The van der Waals surface area contributed by atoms with Crippen molar-refractivity contribution in [3.8, 4) is 0 Å². The van der Waals surface area contributed by atoms with Gasteiger partial charge in [0, 0.05) is 15.5 Å². The number of methoxy groups -OCH3 is 1. The lowest BCUT2D eigenvalue weighted by atomic mass is 10.1. The molecule has 0 amide bonds. The molecule has 0 unspecified atom stereocenters. The van der Waals surface area contributed by atoms with Gasteiger partial charge in [-0.15, -0.1) is 11.3 Å². The molecule has 0 saturated carbocycles. The van der Waals surface area contributed by atoms with Gasteiger partial charge in [-0.3, -0.25) is 4.68 Å². The third-order valence-electron chi connectivity index (χ3n) is 4.33. The number of benzene rings is 1. The molecule has 0 aliphatic heterocycles. The number of carbonyl (C=O) groups excluding carboxylic acids is 1. The minimum absolute atomic E-state index is 0.362. The standard InChI is InChI=1S/C20H21BrN4O2S2/c1-4-16-12(2)29-18(17(16)19(26)27-3)24-20(28)23-15-9-22-25(11-15)10-13-5-7-14(21)8-6-13/h5-9,11H,4,10H2,1-3H3,(H2,23,24,28). The molecule has 152 valence electrons. The van der Waals surface area contributed by atoms with Crippen molar-refractivity contribution in [3.63, 3.8) is 0 Å². The molecule has 9 heteroatoms. The van der Waals surface area contributed by atoms with Gasteiger partial charge >= 0.3 is 5.97 Å². The fourth-order valence-electron chi connectivity index (χ4n) is 2.97. The van der Waals surface area contributed by atoms with Crippen LogP contribution in [0.15, 0.2) is 41.1 Å². The maximum absolute atomic E-state index is 12.2. The Morgan fingerprint density at radius 1 is 1.31 bits per heavy atom. The number of carbonyl (C=O) groups is 1. The highest BCUT2D eigenvalue weighted by Crippen LogP contribution is 2.34. The van der Waals surface area contributed by atoms with Crippen LogP contribution in [0.2, 0.25) is 0 Å². The van der Waals surface area contributed by atoms with Gasteiger partial charge in [-0.05, 0) is 48.8 Å². The maximum Gasteiger partial charge on any atom is 0.341 e. The second kappa shape index (κ2) is 9.51. The highest BCUT2D eigenvalue weighted by atomic mass is 79.9. The first kappa shape index (κ1) is 21.5. The molecule has 0 aliphatic carbocycles. The van der Waals surface area contributed by atoms with Crippen LogP contribution in [0, 0.1) is 6.92 Å². The Hall–Kier alpha value is -2.23. The zero-order valence-electron chi connectivity index (χ0n) is 16.3. The fourth-order valence-corrected chi connectivity index (χ4v) is 4.65. The molecule has 6 nitrogen and oxygen atoms in total. The fraction of sp³-hybridized carbons (Fsp3) is 0.250. The predicted molar refractivity (Wildman–Crippen MR) is 125 cm³/mol. The Morgan fingerprint density at radius 2 is 2.03 bits per heavy atom. The van der Waals surface area contributed by atoms with Crippen molar-refractivity contribution in [2.24, 2.45) is 0 Å². The first-order chi connectivity index (χ1) is 13.9. The Kier molecular flexibility index (Phi) is 7.05. The van der Waals surface area contributed by atoms with Gasteiger partial charge in [-0.25, -0.2) is 4.79 Å². The SMILES string of the molecule is CCc1c(C)sc(NC(=S)Nc2cnn(Cc3ccc(Br)cc3)c2)c1C(=O)OC. The Bertz CT molecular complexity index is 1030. The number of aryl methyl sites for hydroxylation is 1. The highest BCUT2D eigenvalue weighted by Gasteiger charge is 2.22. The molecule has 29 heavy (non-hydrogen) atoms. The van der Waals surface area contributed by atoms with Crippen molar-refractivity contribution in [2.45, 2.75) is 26.8 Å². The summed E-state index contributed by atoms with van der Waals surface area (Å²) in [7, 11) is 1.38. The van der Waals surface area contributed by atoms with E-state index in [1.54, 1.807) is 6.20 Å². The first-order valence-corrected chi connectivity index (χ1v) is 11.0. The maximum atomic E-state index is 12.2. The van der Waals surface area contributed by atoms with Crippen LogP contribution in [-0.4, -0.2) is 28.0 Å². The number of thiophene rings is 1. The molecule has 2 N–H and O–H groups in total. The van der Waals surface area contributed by atoms with E-state index in [1.165, 1.54) is 18.4 Å². The molecule has 0 fully saturated rings. The van der Waals surface area contributed by atoms with Crippen molar-refractivity contribution in [1.82, 2.24) is 9.78 Å². The number of halogens is 1. The van der Waals surface area contributed by atoms with Crippen LogP contribution < -0.4 is 10.6 Å². The summed E-state index contributed by atoms with van der Waals surface area (Å²) in [5.41, 5.74) is 3.44. The normalized spacial score (nSPS) is 10.6. The molecule has 2 aromatic heterocycles. The molecule has 1 aromatic carbocycles. The number of hydrogen-bond donors (Lipinski definition) is 2. The van der Waals surface area contributed by atoms with E-state index in [1.807, 2.05) is 49.0 Å². The van der Waals surface area contributed by atoms with Gasteiger partial charge in [0.2, 0.25) is 0 Å². The van der Waals surface area contributed by atoms with E-state index < -0.39 is 0 Å². The number of nitrogens with one attached hydrogen (secondary N) is 2. The molecule has 2 heterocycles. The van der Waals surface area contributed by atoms with Crippen LogP contribution in [0.4, 0.5) is 10.7 Å². The van der Waals surface area contributed by atoms with Crippen LogP contribution in [0.1, 0.15) is 33.3 Å². The average molecular weight is 493 g/mol. The number of hydrogen-bond acceptors (Lipinski definition) is 5. The minimum Gasteiger partial charge on any atom is -0.465 e. The molecule has 3 rings (SSSR count). The number of ether oxygens (including phenoxy) is 1. The second-order valence-corrected chi connectivity index (χ2v) is 8.87. The average Bonchev–Trinajstić information content (AvgIpc) is 3.25. The number of anilines is 2. The molecular formula is C20H21BrN4O2S2. The molecular weight excluding hydrogens is 472 g/mol. The quantitative estimate of drug-likeness (QED) is 0.363. The van der Waals surface area contributed by atoms with Crippen LogP contribution in [0.3, 0.4) is 0 Å². The van der Waals surface area contributed by atoms with E-state index in [4.69, 9.17) is 17.0 Å². The second-order valence-electron chi connectivity index (χ2n) is 6.32. The van der Waals surface area contributed by atoms with Crippen molar-refractivity contribution >= 4 is 61.3 Å². The van der Waals surface area contributed by atoms with Crippen molar-refractivity contribution in [1.29, 1.82) is 0 Å². The minimum atomic E-state index is -0.362. The van der Waals surface area contributed by atoms with Gasteiger partial charge in [0.15, 0.2) is 5.11 Å². The lowest BCUT2D eigenvalue weighted by molar-refractivity contribution is 0.0601. The van der Waals surface area contributed by atoms with E-state index in [-0.39, 0.29) is 5.97 Å². The third-order valence-corrected chi connectivity index (χ3v) is 6.12. The molecule has 0 aliphatic rings. The first-order valence-electron chi connectivity index (χ1n) is 8.96. The van der Waals surface area contributed by atoms with E-state index in [9.17, 15) is 4.79 Å². The van der Waals surface area contributed by atoms with E-state index in [0.717, 1.165) is 32.6 Å². The number of rotatable bonds is 6. The Morgan fingerprint density at radius 3 is 2.69 bits per heavy atom. The summed E-state index contributed by atoms with van der Waals surface area (Å²) in [4.78, 5) is 13.3. The number of esters is 1. The van der Waals surface area contributed by atoms with Crippen LogP contribution in [0.25, 0.3) is 0 Å². The van der Waals surface area contributed by atoms with Crippen molar-refractivity contribution in [2.75, 3.05) is 17.7 Å². The number of nitrogens with zero attached hydrogens (tertiary/aromatic N) is 2. The number of aromatic nitrogens is 2. The number of thiocarbonyl (C=S) groups is 1. The monoisotopic (exact) mass is 492 g/mol. The molecule has 0 bridgehead atoms. The lowest BCUT2D eigenvalue weighted by Gasteiger charge is -2.09. The smallest absolute Gasteiger partial charge is 0.341 e. The van der Waals surface area contributed by atoms with Crippen LogP contribution >= 0.6 is 39.5 Å². The van der Waals surface area contributed by atoms with Crippen molar-refractivity contribution < 1.29 is 9.53 Å². The highest BCUT2D eigenvalue weighted by molar-refractivity contribution is 9.10. The molecule has 0 radical (unpaired) electrons. The summed E-state index contributed by atoms with van der Waals surface area (Å²) >= 11 is 10.4. The van der Waals surface area contributed by atoms with Gasteiger partial charge in [-0.2, -0.15) is 5.10 Å². The summed E-state index contributed by atoms with van der Waals surface area (Å²) in [6.07, 6.45) is 4.34. The summed E-state index contributed by atoms with van der Waals surface area (Å²) in [5, 5.41) is 11.7. The summed E-state index contributed by atoms with van der Waals surface area (Å²) in [5.74, 6) is -0.362. The largest absolute Gasteiger partial charge is 0.465 e. The van der Waals surface area contributed by atoms with E-state index in [0.29, 0.717) is 22.2 Å². The molecule has 0 saturated heterocycles. The Balaban J connectivity index is 1.68. The topological polar surface area (TPSA) is 68.2 Å². The van der Waals surface area contributed by atoms with Crippen molar-refractivity contribution in [3.05, 3.63) is 62.7 Å². The predicted octanol–water partition coefficient (Wildman–Crippen LogP) is 5.22. The van der Waals surface area contributed by atoms with Crippen LogP contribution in [0.5, 0.6) is 0 Å². The van der Waals surface area contributed by atoms with E-state index in [2.05, 4.69) is 31.7 Å². The third kappa shape index (κ3) is 5.23. The molecule has 0 spiro atoms. The van der Waals surface area contributed by atoms with Gasteiger partial charge in [-0.1, -0.05) is 35.0 Å². The van der Waals surface area contributed by atoms with Gasteiger partial charge < -0.3 is 15.4 Å². The molecule has 3 aromatic rings. The van der Waals surface area contributed by atoms with E-state index >= 15 is 0 Å². The Labute approximate surface area is 187 Å². The van der Waals surface area contributed by atoms with Gasteiger partial charge in [0.05, 0.1) is 31.1 Å². The zero-order valence-corrected chi connectivity index (χ0v) is 19.5. The van der Waals surface area contributed by atoms with Crippen LogP contribution in [-0.2, 0) is 17.7 Å².